The molecule has 8 heteroatoms. The van der Waals surface area contributed by atoms with E-state index in [0.717, 1.165) is 25.1 Å². The third-order valence-electron chi connectivity index (χ3n) is 5.65. The van der Waals surface area contributed by atoms with Gasteiger partial charge in [-0.3, -0.25) is 4.57 Å². The van der Waals surface area contributed by atoms with E-state index in [1.165, 1.54) is 17.5 Å². The minimum Gasteiger partial charge on any atom is -0.327 e. The Morgan fingerprint density at radius 3 is 2.50 bits per heavy atom. The fourth-order valence-corrected chi connectivity index (χ4v) is 5.51. The van der Waals surface area contributed by atoms with Gasteiger partial charge in [0.25, 0.3) is 0 Å². The molecular formula is C16H28N4O3S. The van der Waals surface area contributed by atoms with Crippen molar-refractivity contribution in [1.29, 1.82) is 0 Å². The van der Waals surface area contributed by atoms with Gasteiger partial charge in [0, 0.05) is 26.1 Å². The second-order valence-electron chi connectivity index (χ2n) is 7.45. The van der Waals surface area contributed by atoms with Crippen molar-refractivity contribution in [2.75, 3.05) is 11.5 Å². The summed E-state index contributed by atoms with van der Waals surface area (Å²) in [4.78, 5) is 12.4. The Labute approximate surface area is 143 Å². The predicted octanol–water partition coefficient (Wildman–Crippen LogP) is 0.467. The Bertz CT molecular complexity index is 723. The van der Waals surface area contributed by atoms with Crippen LogP contribution in [0.5, 0.6) is 0 Å². The average molecular weight is 356 g/mol. The van der Waals surface area contributed by atoms with Gasteiger partial charge < -0.3 is 5.73 Å². The van der Waals surface area contributed by atoms with Gasteiger partial charge in [-0.15, -0.1) is 0 Å². The van der Waals surface area contributed by atoms with Gasteiger partial charge in [0.05, 0.1) is 11.5 Å². The van der Waals surface area contributed by atoms with Crippen molar-refractivity contribution in [3.8, 4) is 0 Å². The SMILES string of the molecule is Cn1c(C[C@H]2CCCC[C@H]2N)nn(CC2CCS(=O)(=O)CC2)c1=O. The van der Waals surface area contributed by atoms with E-state index in [1.54, 1.807) is 11.6 Å². The highest BCUT2D eigenvalue weighted by molar-refractivity contribution is 7.91. The van der Waals surface area contributed by atoms with Crippen LogP contribution in [0.25, 0.3) is 0 Å². The summed E-state index contributed by atoms with van der Waals surface area (Å²) < 4.78 is 26.2. The van der Waals surface area contributed by atoms with Crippen molar-refractivity contribution < 1.29 is 8.42 Å². The van der Waals surface area contributed by atoms with E-state index < -0.39 is 9.84 Å². The summed E-state index contributed by atoms with van der Waals surface area (Å²) in [6.07, 6.45) is 6.53. The fourth-order valence-electron chi connectivity index (χ4n) is 3.92. The van der Waals surface area contributed by atoms with E-state index in [9.17, 15) is 13.2 Å². The molecule has 0 radical (unpaired) electrons. The van der Waals surface area contributed by atoms with Gasteiger partial charge >= 0.3 is 5.69 Å². The van der Waals surface area contributed by atoms with Gasteiger partial charge in [-0.25, -0.2) is 17.9 Å². The molecule has 3 rings (SSSR count). The Morgan fingerprint density at radius 2 is 1.83 bits per heavy atom. The van der Waals surface area contributed by atoms with E-state index in [2.05, 4.69) is 5.10 Å². The van der Waals surface area contributed by atoms with Crippen molar-refractivity contribution in [3.63, 3.8) is 0 Å². The van der Waals surface area contributed by atoms with E-state index in [-0.39, 0.29) is 29.2 Å². The zero-order valence-electron chi connectivity index (χ0n) is 14.4. The molecule has 0 aromatic carbocycles. The Balaban J connectivity index is 1.68. The maximum Gasteiger partial charge on any atom is 0.345 e. The first-order valence-electron chi connectivity index (χ1n) is 8.94. The van der Waals surface area contributed by atoms with Crippen LogP contribution >= 0.6 is 0 Å². The van der Waals surface area contributed by atoms with Crippen LogP contribution in [0.4, 0.5) is 0 Å². The first-order valence-corrected chi connectivity index (χ1v) is 10.8. The molecule has 2 heterocycles. The lowest BCUT2D eigenvalue weighted by atomic mass is 9.83. The topological polar surface area (TPSA) is 100.0 Å². The van der Waals surface area contributed by atoms with Crippen molar-refractivity contribution in [3.05, 3.63) is 16.3 Å². The van der Waals surface area contributed by atoms with Gasteiger partial charge in [-0.05, 0) is 37.5 Å². The lowest BCUT2D eigenvalue weighted by Gasteiger charge is -2.27. The number of nitrogens with zero attached hydrogens (tertiary/aromatic N) is 3. The summed E-state index contributed by atoms with van der Waals surface area (Å²) in [6.45, 7) is 0.513. The molecule has 136 valence electrons. The second-order valence-corrected chi connectivity index (χ2v) is 9.75. The molecule has 1 aromatic heterocycles. The lowest BCUT2D eigenvalue weighted by molar-refractivity contribution is 0.299. The van der Waals surface area contributed by atoms with Crippen molar-refractivity contribution in [2.24, 2.45) is 24.6 Å². The highest BCUT2D eigenvalue weighted by Gasteiger charge is 2.27. The summed E-state index contributed by atoms with van der Waals surface area (Å²) >= 11 is 0. The van der Waals surface area contributed by atoms with Crippen LogP contribution in [0.3, 0.4) is 0 Å². The maximum absolute atomic E-state index is 12.4. The summed E-state index contributed by atoms with van der Waals surface area (Å²) in [7, 11) is -1.11. The normalized spacial score (nSPS) is 28.1. The molecule has 24 heavy (non-hydrogen) atoms. The van der Waals surface area contributed by atoms with E-state index >= 15 is 0 Å². The quantitative estimate of drug-likeness (QED) is 0.845. The average Bonchev–Trinajstić information content (AvgIpc) is 2.80. The molecule has 2 fully saturated rings. The summed E-state index contributed by atoms with van der Waals surface area (Å²) in [6, 6.07) is 0.197. The predicted molar refractivity (Wildman–Crippen MR) is 92.5 cm³/mol. The van der Waals surface area contributed by atoms with Crippen LogP contribution in [0.2, 0.25) is 0 Å². The zero-order valence-corrected chi connectivity index (χ0v) is 15.2. The van der Waals surface area contributed by atoms with Gasteiger partial charge in [0.15, 0.2) is 0 Å². The smallest absolute Gasteiger partial charge is 0.327 e. The standard InChI is InChI=1S/C16H28N4O3S/c1-19-15(10-13-4-2-3-5-14(13)17)18-20(16(19)21)11-12-6-8-24(22,23)9-7-12/h12-14H,2-11,17H2,1H3/t13-,14-/m1/s1. The minimum atomic E-state index is -2.87. The molecule has 1 saturated heterocycles. The van der Waals surface area contributed by atoms with Crippen LogP contribution in [-0.4, -0.2) is 40.3 Å². The zero-order chi connectivity index (χ0) is 17.3. The number of hydrogen-bond acceptors (Lipinski definition) is 5. The van der Waals surface area contributed by atoms with Crippen molar-refractivity contribution in [1.82, 2.24) is 14.3 Å². The van der Waals surface area contributed by atoms with Crippen LogP contribution in [0, 0.1) is 11.8 Å². The van der Waals surface area contributed by atoms with E-state index in [0.29, 0.717) is 25.3 Å². The number of aromatic nitrogens is 3. The van der Waals surface area contributed by atoms with Crippen LogP contribution in [0.15, 0.2) is 4.79 Å². The Hall–Kier alpha value is -1.15. The number of rotatable bonds is 4. The molecule has 0 amide bonds. The molecule has 7 nitrogen and oxygen atoms in total. The van der Waals surface area contributed by atoms with Gasteiger partial charge in [0.1, 0.15) is 15.7 Å². The van der Waals surface area contributed by atoms with E-state index in [4.69, 9.17) is 5.73 Å². The summed E-state index contributed by atoms with van der Waals surface area (Å²) in [5.41, 5.74) is 6.11. The van der Waals surface area contributed by atoms with Gasteiger partial charge in [0.2, 0.25) is 0 Å². The first-order chi connectivity index (χ1) is 11.4. The number of hydrogen-bond donors (Lipinski definition) is 1. The largest absolute Gasteiger partial charge is 0.345 e. The lowest BCUT2D eigenvalue weighted by Crippen LogP contribution is -2.35. The summed E-state index contributed by atoms with van der Waals surface area (Å²) in [5, 5.41) is 4.53. The molecule has 0 spiro atoms. The molecule has 0 unspecified atom stereocenters. The Morgan fingerprint density at radius 1 is 1.17 bits per heavy atom. The monoisotopic (exact) mass is 356 g/mol. The van der Waals surface area contributed by atoms with Crippen molar-refractivity contribution >= 4 is 9.84 Å². The Kier molecular flexibility index (Phi) is 5.15. The third kappa shape index (κ3) is 3.91. The molecule has 1 aliphatic carbocycles. The van der Waals surface area contributed by atoms with Crippen LogP contribution in [-0.2, 0) is 29.9 Å². The number of nitrogens with two attached hydrogens (primary N) is 1. The molecule has 1 aromatic rings. The molecule has 2 aliphatic rings. The molecule has 0 bridgehead atoms. The van der Waals surface area contributed by atoms with Gasteiger partial charge in [-0.2, -0.15) is 5.10 Å². The highest BCUT2D eigenvalue weighted by atomic mass is 32.2. The minimum absolute atomic E-state index is 0.109. The van der Waals surface area contributed by atoms with Crippen LogP contribution in [0.1, 0.15) is 44.3 Å². The highest BCUT2D eigenvalue weighted by Crippen LogP contribution is 2.25. The summed E-state index contributed by atoms with van der Waals surface area (Å²) in [5.74, 6) is 1.86. The van der Waals surface area contributed by atoms with Gasteiger partial charge in [-0.1, -0.05) is 12.8 Å². The van der Waals surface area contributed by atoms with Crippen LogP contribution < -0.4 is 11.4 Å². The molecule has 1 aliphatic heterocycles. The molecule has 1 saturated carbocycles. The molecule has 2 N–H and O–H groups in total. The molecular weight excluding hydrogens is 328 g/mol. The fraction of sp³-hybridized carbons (Fsp3) is 0.875. The second kappa shape index (κ2) is 7.00. The van der Waals surface area contributed by atoms with E-state index in [1.807, 2.05) is 0 Å². The van der Waals surface area contributed by atoms with Crippen molar-refractivity contribution in [2.45, 2.75) is 57.5 Å². The third-order valence-corrected chi connectivity index (χ3v) is 7.36. The maximum atomic E-state index is 12.4. The number of sulfone groups is 1. The first kappa shape index (κ1) is 17.7. The molecule has 2 atom stereocenters.